The van der Waals surface area contributed by atoms with Crippen molar-refractivity contribution >= 4 is 29.2 Å². The van der Waals surface area contributed by atoms with Crippen molar-refractivity contribution < 1.29 is 4.79 Å². The number of anilines is 2. The molecule has 2 aromatic carbocycles. The number of nitrogen functional groups attached to an aromatic ring is 1. The van der Waals surface area contributed by atoms with Gasteiger partial charge in [0.25, 0.3) is 0 Å². The minimum Gasteiger partial charge on any atom is -0.399 e. The summed E-state index contributed by atoms with van der Waals surface area (Å²) in [6, 6.07) is 22.6. The lowest BCUT2D eigenvalue weighted by atomic mass is 10.1. The van der Waals surface area contributed by atoms with E-state index in [0.29, 0.717) is 11.5 Å². The van der Waals surface area contributed by atoms with Crippen LogP contribution in [0.4, 0.5) is 11.5 Å². The standard InChI is InChI=1S/C19H17N3OS/c20-15-9-6-10-16(13-15)24-18(14-7-2-1-3-8-14)19(23)22-17-11-4-5-12-21-17/h1-13,18H,20H2,(H,21,22,23). The number of aromatic nitrogens is 1. The van der Waals surface area contributed by atoms with Crippen LogP contribution in [0, 0.1) is 0 Å². The maximum absolute atomic E-state index is 12.8. The number of nitrogens with one attached hydrogen (secondary N) is 1. The highest BCUT2D eigenvalue weighted by Crippen LogP contribution is 2.36. The van der Waals surface area contributed by atoms with Crippen LogP contribution < -0.4 is 11.1 Å². The largest absolute Gasteiger partial charge is 0.399 e. The van der Waals surface area contributed by atoms with E-state index in [1.54, 1.807) is 12.3 Å². The fourth-order valence-corrected chi connectivity index (χ4v) is 3.35. The highest BCUT2D eigenvalue weighted by atomic mass is 32.2. The number of nitrogens with zero attached hydrogens (tertiary/aromatic N) is 1. The van der Waals surface area contributed by atoms with Gasteiger partial charge in [0.1, 0.15) is 11.1 Å². The zero-order chi connectivity index (χ0) is 16.8. The lowest BCUT2D eigenvalue weighted by Gasteiger charge is -2.17. The average Bonchev–Trinajstić information content (AvgIpc) is 2.61. The van der Waals surface area contributed by atoms with Crippen LogP contribution in [-0.2, 0) is 4.79 Å². The quantitative estimate of drug-likeness (QED) is 0.543. The minimum atomic E-state index is -0.394. The monoisotopic (exact) mass is 335 g/mol. The molecule has 0 bridgehead atoms. The Hall–Kier alpha value is -2.79. The number of hydrogen-bond acceptors (Lipinski definition) is 4. The smallest absolute Gasteiger partial charge is 0.243 e. The molecule has 0 spiro atoms. The Labute approximate surface area is 145 Å². The summed E-state index contributed by atoms with van der Waals surface area (Å²) in [5.74, 6) is 0.420. The van der Waals surface area contributed by atoms with Crippen LogP contribution in [0.1, 0.15) is 10.8 Å². The number of pyridine rings is 1. The maximum Gasteiger partial charge on any atom is 0.243 e. The fraction of sp³-hybridized carbons (Fsp3) is 0.0526. The average molecular weight is 335 g/mol. The molecule has 24 heavy (non-hydrogen) atoms. The molecule has 3 aromatic rings. The van der Waals surface area contributed by atoms with Gasteiger partial charge in [-0.15, -0.1) is 11.8 Å². The highest BCUT2D eigenvalue weighted by molar-refractivity contribution is 8.00. The summed E-state index contributed by atoms with van der Waals surface area (Å²) in [5, 5.41) is 2.48. The van der Waals surface area contributed by atoms with E-state index in [9.17, 15) is 4.79 Å². The predicted octanol–water partition coefficient (Wildman–Crippen LogP) is 4.14. The molecule has 0 aliphatic carbocycles. The minimum absolute atomic E-state index is 0.118. The molecule has 0 aliphatic rings. The fourth-order valence-electron chi connectivity index (χ4n) is 2.25. The number of thioether (sulfide) groups is 1. The van der Waals surface area contributed by atoms with Gasteiger partial charge in [-0.3, -0.25) is 4.79 Å². The molecule has 120 valence electrons. The first-order valence-corrected chi connectivity index (χ1v) is 8.39. The van der Waals surface area contributed by atoms with Crippen molar-refractivity contribution in [3.05, 3.63) is 84.6 Å². The maximum atomic E-state index is 12.8. The van der Waals surface area contributed by atoms with Crippen LogP contribution in [0.25, 0.3) is 0 Å². The first-order valence-electron chi connectivity index (χ1n) is 7.51. The predicted molar refractivity (Wildman–Crippen MR) is 98.8 cm³/mol. The molecule has 0 aliphatic heterocycles. The second-order valence-electron chi connectivity index (χ2n) is 5.19. The molecule has 1 amide bonds. The van der Waals surface area contributed by atoms with Gasteiger partial charge >= 0.3 is 0 Å². The van der Waals surface area contributed by atoms with Gasteiger partial charge in [0.05, 0.1) is 0 Å². The first kappa shape index (κ1) is 16.1. The summed E-state index contributed by atoms with van der Waals surface area (Å²) in [4.78, 5) is 17.9. The van der Waals surface area contributed by atoms with E-state index in [0.717, 1.165) is 10.5 Å². The van der Waals surface area contributed by atoms with Crippen LogP contribution in [-0.4, -0.2) is 10.9 Å². The number of nitrogens with two attached hydrogens (primary N) is 1. The molecular weight excluding hydrogens is 318 g/mol. The van der Waals surface area contributed by atoms with E-state index >= 15 is 0 Å². The van der Waals surface area contributed by atoms with Gasteiger partial charge in [-0.05, 0) is 35.9 Å². The number of carbonyl (C=O) groups excluding carboxylic acids is 1. The Morgan fingerprint density at radius 3 is 2.50 bits per heavy atom. The van der Waals surface area contributed by atoms with Gasteiger partial charge in [0, 0.05) is 16.8 Å². The van der Waals surface area contributed by atoms with Crippen LogP contribution in [0.15, 0.2) is 83.9 Å². The summed E-state index contributed by atoms with van der Waals surface area (Å²) < 4.78 is 0. The lowest BCUT2D eigenvalue weighted by Crippen LogP contribution is -2.19. The Kier molecular flexibility index (Phi) is 5.13. The second kappa shape index (κ2) is 7.66. The third-order valence-electron chi connectivity index (χ3n) is 3.37. The van der Waals surface area contributed by atoms with E-state index in [4.69, 9.17) is 5.73 Å². The normalized spacial score (nSPS) is 11.7. The summed E-state index contributed by atoms with van der Waals surface area (Å²) in [6.45, 7) is 0. The molecule has 1 atom stereocenters. The van der Waals surface area contributed by atoms with Gasteiger partial charge in [-0.1, -0.05) is 42.5 Å². The molecule has 0 saturated carbocycles. The molecule has 4 nitrogen and oxygen atoms in total. The van der Waals surface area contributed by atoms with Crippen molar-refractivity contribution in [1.29, 1.82) is 0 Å². The molecular formula is C19H17N3OS. The Balaban J connectivity index is 1.86. The van der Waals surface area contributed by atoms with Crippen molar-refractivity contribution in [2.45, 2.75) is 10.1 Å². The molecule has 3 N–H and O–H groups in total. The van der Waals surface area contributed by atoms with Gasteiger partial charge in [-0.2, -0.15) is 0 Å². The van der Waals surface area contributed by atoms with Crippen molar-refractivity contribution in [3.63, 3.8) is 0 Å². The number of benzene rings is 2. The highest BCUT2D eigenvalue weighted by Gasteiger charge is 2.22. The van der Waals surface area contributed by atoms with Crippen LogP contribution in [0.2, 0.25) is 0 Å². The number of hydrogen-bond donors (Lipinski definition) is 2. The van der Waals surface area contributed by atoms with Gasteiger partial charge in [-0.25, -0.2) is 4.98 Å². The summed E-state index contributed by atoms with van der Waals surface area (Å²) in [5.41, 5.74) is 7.46. The number of rotatable bonds is 5. The molecule has 1 heterocycles. The van der Waals surface area contributed by atoms with Crippen molar-refractivity contribution in [3.8, 4) is 0 Å². The molecule has 1 aromatic heterocycles. The Morgan fingerprint density at radius 1 is 1.00 bits per heavy atom. The van der Waals surface area contributed by atoms with Crippen LogP contribution in [0.5, 0.6) is 0 Å². The summed E-state index contributed by atoms with van der Waals surface area (Å²) >= 11 is 1.46. The number of carbonyl (C=O) groups is 1. The van der Waals surface area contributed by atoms with E-state index in [-0.39, 0.29) is 5.91 Å². The van der Waals surface area contributed by atoms with Gasteiger partial charge in [0.2, 0.25) is 5.91 Å². The topological polar surface area (TPSA) is 68.0 Å². The van der Waals surface area contributed by atoms with Gasteiger partial charge in [0.15, 0.2) is 0 Å². The Morgan fingerprint density at radius 2 is 1.79 bits per heavy atom. The third kappa shape index (κ3) is 4.14. The van der Waals surface area contributed by atoms with E-state index in [2.05, 4.69) is 10.3 Å². The zero-order valence-electron chi connectivity index (χ0n) is 12.9. The molecule has 0 saturated heterocycles. The van der Waals surface area contributed by atoms with E-state index < -0.39 is 5.25 Å². The second-order valence-corrected chi connectivity index (χ2v) is 6.36. The van der Waals surface area contributed by atoms with Crippen molar-refractivity contribution in [1.82, 2.24) is 4.98 Å². The van der Waals surface area contributed by atoms with Crippen LogP contribution >= 0.6 is 11.8 Å². The first-order chi connectivity index (χ1) is 11.7. The summed E-state index contributed by atoms with van der Waals surface area (Å²) in [6.07, 6.45) is 1.65. The SMILES string of the molecule is Nc1cccc(SC(C(=O)Nc2ccccn2)c2ccccc2)c1. The summed E-state index contributed by atoms with van der Waals surface area (Å²) in [7, 11) is 0. The lowest BCUT2D eigenvalue weighted by molar-refractivity contribution is -0.115. The molecule has 1 unspecified atom stereocenters. The van der Waals surface area contributed by atoms with Crippen molar-refractivity contribution in [2.75, 3.05) is 11.1 Å². The van der Waals surface area contributed by atoms with Crippen LogP contribution in [0.3, 0.4) is 0 Å². The van der Waals surface area contributed by atoms with E-state index in [1.165, 1.54) is 11.8 Å². The number of amides is 1. The Bertz CT molecular complexity index is 809. The van der Waals surface area contributed by atoms with E-state index in [1.807, 2.05) is 66.7 Å². The molecule has 3 rings (SSSR count). The molecule has 0 radical (unpaired) electrons. The van der Waals surface area contributed by atoms with Gasteiger partial charge < -0.3 is 11.1 Å². The molecule has 5 heteroatoms. The molecule has 0 fully saturated rings. The third-order valence-corrected chi connectivity index (χ3v) is 4.62. The van der Waals surface area contributed by atoms with Crippen molar-refractivity contribution in [2.24, 2.45) is 0 Å². The zero-order valence-corrected chi connectivity index (χ0v) is 13.7.